The number of pyridine rings is 1. The Morgan fingerprint density at radius 3 is 1.79 bits per heavy atom. The van der Waals surface area contributed by atoms with E-state index in [9.17, 15) is 18.0 Å². The van der Waals surface area contributed by atoms with E-state index in [1.54, 1.807) is 113 Å². The first kappa shape index (κ1) is 55.3. The molecule has 2 aromatic heterocycles. The number of amides is 2. The molecule has 77 heavy (non-hydrogen) atoms. The third-order valence-electron chi connectivity index (χ3n) is 12.4. The minimum absolute atomic E-state index is 0.0876. The number of hydrogen-bond donors (Lipinski definition) is 1. The van der Waals surface area contributed by atoms with Gasteiger partial charge in [0.2, 0.25) is 15.9 Å². The van der Waals surface area contributed by atoms with Crippen LogP contribution in [0.5, 0.6) is 17.2 Å². The zero-order chi connectivity index (χ0) is 55.5. The number of nitrogens with zero attached hydrogens (tertiary/aromatic N) is 8. The number of carbonyl (C=O) groups excluding carboxylic acids is 2. The largest absolute Gasteiger partial charge is 0.497 e. The summed E-state index contributed by atoms with van der Waals surface area (Å²) in [7, 11) is -10.1. The third kappa shape index (κ3) is 12.4. The van der Waals surface area contributed by atoms with Crippen LogP contribution in [0.2, 0.25) is 0 Å². The van der Waals surface area contributed by atoms with Crippen molar-refractivity contribution in [3.05, 3.63) is 155 Å². The second kappa shape index (κ2) is 22.3. The van der Waals surface area contributed by atoms with E-state index in [2.05, 4.69) is 19.9 Å². The Hall–Kier alpha value is -7.93. The average molecular weight is 1110 g/mol. The van der Waals surface area contributed by atoms with Crippen LogP contribution < -0.4 is 25.4 Å². The van der Waals surface area contributed by atoms with Crippen molar-refractivity contribution in [3.63, 3.8) is 0 Å². The molecule has 0 aliphatic carbocycles. The summed E-state index contributed by atoms with van der Waals surface area (Å²) in [6.45, 7) is 4.74. The quantitative estimate of drug-likeness (QED) is 0.101. The van der Waals surface area contributed by atoms with Gasteiger partial charge in [0, 0.05) is 37.9 Å². The molecule has 0 radical (unpaired) electrons. The standard InChI is InChI=1S/C53H57N9O12S3/c1-35-10-24-42(25-11-35)76(67,68)56-50-45(9-8-28-59(50)34-47(54)63)44-26-27-46(75(65,66)43-32-60(33-43)52(64)74-53(2,3)4)49(48(44)51-55-57-58-62(51)31-38-16-22-41(73-7)23-17-38)77(69,70)61(29-36-12-18-39(71-5)19-13-36)30-37-14-20-40(72-6)21-15-37/h8-28,43H,29-34H2,1-7H3,(H2,54,63)/b56-50-. The molecule has 0 bridgehead atoms. The lowest BCUT2D eigenvalue weighted by Gasteiger charge is -2.39. The SMILES string of the molecule is COc1ccc(CN(Cc2ccc(OC)cc2)S(=O)(=O)c2c(S(=O)(=O)C3CN(C(=O)OC(C)(C)C)C3)ccc(-c3cccn(CC(N)=O)/c3=N\S(=O)(=O)c3ccc(C)cc3)c2-c2nnnn2Cc2ccc(OC)cc2)cc1. The van der Waals surface area contributed by atoms with Crippen molar-refractivity contribution in [2.75, 3.05) is 34.4 Å². The molecule has 1 fully saturated rings. The number of aryl methyl sites for hydroxylation is 1. The molecule has 2 N–H and O–H groups in total. The number of rotatable bonds is 19. The number of tetrazole rings is 1. The minimum Gasteiger partial charge on any atom is -0.497 e. The fraction of sp³-hybridized carbons (Fsp3) is 0.283. The molecule has 0 spiro atoms. The molecule has 404 valence electrons. The van der Waals surface area contributed by atoms with Gasteiger partial charge in [-0.2, -0.15) is 12.7 Å². The van der Waals surface area contributed by atoms with Gasteiger partial charge in [0.15, 0.2) is 21.1 Å². The van der Waals surface area contributed by atoms with E-state index in [1.807, 2.05) is 0 Å². The Bertz CT molecular complexity index is 3680. The first-order valence-corrected chi connectivity index (χ1v) is 28.3. The van der Waals surface area contributed by atoms with Crippen LogP contribution in [0.15, 0.2) is 147 Å². The number of aromatic nitrogens is 5. The van der Waals surface area contributed by atoms with Crippen molar-refractivity contribution in [1.29, 1.82) is 0 Å². The number of nitrogens with two attached hydrogens (primary N) is 1. The highest BCUT2D eigenvalue weighted by Gasteiger charge is 2.46. The van der Waals surface area contributed by atoms with E-state index in [0.717, 1.165) is 15.9 Å². The lowest BCUT2D eigenvalue weighted by atomic mass is 9.99. The third-order valence-corrected chi connectivity index (χ3v) is 17.8. The molecule has 1 aliphatic heterocycles. The molecule has 24 heteroatoms. The molecule has 0 saturated carbocycles. The van der Waals surface area contributed by atoms with Crippen molar-refractivity contribution in [1.82, 2.24) is 34.0 Å². The van der Waals surface area contributed by atoms with Crippen molar-refractivity contribution in [2.24, 2.45) is 10.1 Å². The average Bonchev–Trinajstić information content (AvgIpc) is 3.90. The van der Waals surface area contributed by atoms with Crippen molar-refractivity contribution in [2.45, 2.75) is 79.4 Å². The fourth-order valence-corrected chi connectivity index (χ4v) is 13.5. The van der Waals surface area contributed by atoms with E-state index in [4.69, 9.17) is 24.7 Å². The van der Waals surface area contributed by atoms with E-state index in [0.29, 0.717) is 33.9 Å². The van der Waals surface area contributed by atoms with Crippen LogP contribution in [-0.2, 0) is 65.6 Å². The van der Waals surface area contributed by atoms with Gasteiger partial charge in [-0.05, 0) is 127 Å². The molecule has 0 unspecified atom stereocenters. The topological polar surface area (TPSA) is 267 Å². The molecule has 21 nitrogen and oxygen atoms in total. The van der Waals surface area contributed by atoms with Crippen molar-refractivity contribution >= 4 is 41.9 Å². The Morgan fingerprint density at radius 1 is 0.727 bits per heavy atom. The van der Waals surface area contributed by atoms with E-state index >= 15 is 16.8 Å². The van der Waals surface area contributed by atoms with Crippen LogP contribution in [0.3, 0.4) is 0 Å². The summed E-state index contributed by atoms with van der Waals surface area (Å²) < 4.78 is 122. The Morgan fingerprint density at radius 2 is 1.27 bits per heavy atom. The fourth-order valence-electron chi connectivity index (χ4n) is 8.42. The van der Waals surface area contributed by atoms with Gasteiger partial charge in [-0.15, -0.1) is 9.50 Å². The Kier molecular flexibility index (Phi) is 16.0. The number of methoxy groups -OCH3 is 3. The number of benzene rings is 5. The van der Waals surface area contributed by atoms with E-state index < -0.39 is 69.1 Å². The molecule has 1 aliphatic rings. The second-order valence-corrected chi connectivity index (χ2v) is 24.7. The highest BCUT2D eigenvalue weighted by Crippen LogP contribution is 2.43. The highest BCUT2D eigenvalue weighted by molar-refractivity contribution is 7.94. The van der Waals surface area contributed by atoms with Crippen molar-refractivity contribution in [3.8, 4) is 39.8 Å². The zero-order valence-electron chi connectivity index (χ0n) is 43.2. The molecular weight excluding hydrogens is 1050 g/mol. The molecule has 8 rings (SSSR count). The van der Waals surface area contributed by atoms with Crippen LogP contribution >= 0.6 is 0 Å². The molecule has 0 atom stereocenters. The molecular formula is C53H57N9O12S3. The first-order valence-electron chi connectivity index (χ1n) is 23.9. The van der Waals surface area contributed by atoms with Crippen LogP contribution in [0.1, 0.15) is 43.0 Å². The number of ether oxygens (including phenoxy) is 4. The van der Waals surface area contributed by atoms with Gasteiger partial charge in [0.1, 0.15) is 39.5 Å². The zero-order valence-corrected chi connectivity index (χ0v) is 45.7. The predicted octanol–water partition coefficient (Wildman–Crippen LogP) is 5.75. The summed E-state index contributed by atoms with van der Waals surface area (Å²) >= 11 is 0. The number of likely N-dealkylation sites (tertiary alicyclic amines) is 1. The first-order chi connectivity index (χ1) is 36.5. The number of sulfonamides is 2. The van der Waals surface area contributed by atoms with Gasteiger partial charge < -0.3 is 34.1 Å². The van der Waals surface area contributed by atoms with Crippen molar-refractivity contribution < 1.29 is 53.8 Å². The lowest BCUT2D eigenvalue weighted by Crippen LogP contribution is -2.57. The number of primary amides is 1. The predicted molar refractivity (Wildman–Crippen MR) is 283 cm³/mol. The normalized spacial score (nSPS) is 13.6. The summed E-state index contributed by atoms with van der Waals surface area (Å²) in [5.74, 6) is 0.390. The Balaban J connectivity index is 1.47. The summed E-state index contributed by atoms with van der Waals surface area (Å²) in [6.07, 6.45) is 0.612. The Labute approximate surface area is 446 Å². The van der Waals surface area contributed by atoms with Gasteiger partial charge in [-0.3, -0.25) is 4.79 Å². The molecule has 2 amide bonds. The van der Waals surface area contributed by atoms with E-state index in [1.165, 1.54) is 72.0 Å². The molecule has 1 saturated heterocycles. The van der Waals surface area contributed by atoms with Gasteiger partial charge in [-0.1, -0.05) is 60.2 Å². The van der Waals surface area contributed by atoms with Gasteiger partial charge in [0.05, 0.1) is 43.2 Å². The maximum Gasteiger partial charge on any atom is 0.410 e. The summed E-state index contributed by atoms with van der Waals surface area (Å²) in [4.78, 5) is 25.5. The van der Waals surface area contributed by atoms with Gasteiger partial charge >= 0.3 is 6.09 Å². The second-order valence-electron chi connectivity index (χ2n) is 19.1. The molecule has 3 heterocycles. The van der Waals surface area contributed by atoms with Crippen LogP contribution in [0.25, 0.3) is 22.5 Å². The summed E-state index contributed by atoms with van der Waals surface area (Å²) in [5.41, 5.74) is 6.26. The number of hydrogen-bond acceptors (Lipinski definition) is 15. The van der Waals surface area contributed by atoms with Gasteiger partial charge in [-0.25, -0.2) is 26.3 Å². The molecule has 7 aromatic rings. The monoisotopic (exact) mass is 1110 g/mol. The van der Waals surface area contributed by atoms with Crippen LogP contribution in [0.4, 0.5) is 4.79 Å². The molecule has 5 aromatic carbocycles. The maximum atomic E-state index is 16.5. The maximum absolute atomic E-state index is 16.5. The van der Waals surface area contributed by atoms with Crippen LogP contribution in [0, 0.1) is 6.92 Å². The summed E-state index contributed by atoms with van der Waals surface area (Å²) in [6, 6.07) is 31.4. The lowest BCUT2D eigenvalue weighted by molar-refractivity contribution is -0.118. The minimum atomic E-state index is -5.19. The number of sulfone groups is 1. The van der Waals surface area contributed by atoms with E-state index in [-0.39, 0.29) is 65.6 Å². The number of carbonyl (C=O) groups is 2. The smallest absolute Gasteiger partial charge is 0.410 e. The van der Waals surface area contributed by atoms with Gasteiger partial charge in [0.25, 0.3) is 10.0 Å². The van der Waals surface area contributed by atoms with Crippen LogP contribution in [-0.4, -0.2) is 117 Å². The summed E-state index contributed by atoms with van der Waals surface area (Å²) in [5, 5.41) is 11.4. The highest BCUT2D eigenvalue weighted by atomic mass is 32.2.